The van der Waals surface area contributed by atoms with Crippen LogP contribution in [0, 0.1) is 0 Å². The molecule has 28 heavy (non-hydrogen) atoms. The molecule has 3 rings (SSSR count). The van der Waals surface area contributed by atoms with Crippen LogP contribution in [0.1, 0.15) is 13.8 Å². The number of benzene rings is 2. The van der Waals surface area contributed by atoms with Crippen molar-refractivity contribution in [2.45, 2.75) is 20.0 Å². The van der Waals surface area contributed by atoms with Crippen LogP contribution in [-0.2, 0) is 19.6 Å². The van der Waals surface area contributed by atoms with Gasteiger partial charge >= 0.3 is 0 Å². The summed E-state index contributed by atoms with van der Waals surface area (Å²) in [4.78, 5) is 23.9. The fourth-order valence-electron chi connectivity index (χ4n) is 2.86. The van der Waals surface area contributed by atoms with Gasteiger partial charge in [0, 0.05) is 18.3 Å². The lowest BCUT2D eigenvalue weighted by Gasteiger charge is -2.34. The number of carbonyl (C=O) groups excluding carboxylic acids is 2. The van der Waals surface area contributed by atoms with Crippen molar-refractivity contribution in [2.24, 2.45) is 0 Å². The van der Waals surface area contributed by atoms with Gasteiger partial charge in [-0.2, -0.15) is 0 Å². The van der Waals surface area contributed by atoms with Crippen molar-refractivity contribution in [3.8, 4) is 5.75 Å². The van der Waals surface area contributed by atoms with Gasteiger partial charge in [0.2, 0.25) is 15.9 Å². The first-order valence-corrected chi connectivity index (χ1v) is 10.4. The summed E-state index contributed by atoms with van der Waals surface area (Å²) in [6.07, 6.45) is -1.01. The fraction of sp³-hybridized carbons (Fsp3) is 0.263. The molecule has 2 aromatic carbocycles. The number of fused-ring (bicyclic) bond motifs is 1. The molecule has 0 aliphatic carbocycles. The van der Waals surface area contributed by atoms with E-state index >= 15 is 0 Å². The highest BCUT2D eigenvalue weighted by molar-refractivity contribution is 7.92. The minimum atomic E-state index is -3.57. The number of carbonyl (C=O) groups is 2. The van der Waals surface area contributed by atoms with Crippen LogP contribution >= 0.6 is 0 Å². The Kier molecular flexibility index (Phi) is 5.55. The molecular formula is C19H21N3O5S. The zero-order chi connectivity index (χ0) is 20.3. The predicted molar refractivity (Wildman–Crippen MR) is 107 cm³/mol. The van der Waals surface area contributed by atoms with Crippen molar-refractivity contribution in [2.75, 3.05) is 27.2 Å². The Hall–Kier alpha value is -3.07. The van der Waals surface area contributed by atoms with Gasteiger partial charge in [0.1, 0.15) is 5.75 Å². The lowest BCUT2D eigenvalue weighted by molar-refractivity contribution is -0.122. The van der Waals surface area contributed by atoms with Crippen LogP contribution in [0.5, 0.6) is 5.75 Å². The van der Waals surface area contributed by atoms with E-state index in [0.717, 1.165) is 0 Å². The van der Waals surface area contributed by atoms with E-state index in [1.807, 2.05) is 0 Å². The summed E-state index contributed by atoms with van der Waals surface area (Å²) in [6.45, 7) is 2.82. The molecule has 0 aromatic heterocycles. The summed E-state index contributed by atoms with van der Waals surface area (Å²) in [5, 5.41) is 5.35. The number of hydrogen-bond donors (Lipinski definition) is 2. The Morgan fingerprint density at radius 1 is 1.11 bits per heavy atom. The van der Waals surface area contributed by atoms with Gasteiger partial charge in [0.05, 0.1) is 18.0 Å². The highest BCUT2D eigenvalue weighted by Gasteiger charge is 2.35. The summed E-state index contributed by atoms with van der Waals surface area (Å²) >= 11 is 0. The molecule has 0 spiro atoms. The van der Waals surface area contributed by atoms with Crippen LogP contribution < -0.4 is 19.7 Å². The summed E-state index contributed by atoms with van der Waals surface area (Å²) < 4.78 is 31.9. The molecule has 2 N–H and O–H groups in total. The van der Waals surface area contributed by atoms with Crippen molar-refractivity contribution < 1.29 is 22.7 Å². The lowest BCUT2D eigenvalue weighted by atomic mass is 10.2. The van der Waals surface area contributed by atoms with E-state index in [0.29, 0.717) is 22.8 Å². The molecular weight excluding hydrogens is 382 g/mol. The van der Waals surface area contributed by atoms with Gasteiger partial charge in [-0.15, -0.1) is 0 Å². The maximum Gasteiger partial charge on any atom is 0.267 e. The van der Waals surface area contributed by atoms with Gasteiger partial charge in [-0.3, -0.25) is 13.9 Å². The molecule has 8 nitrogen and oxygen atoms in total. The van der Waals surface area contributed by atoms with Crippen molar-refractivity contribution in [3.05, 3.63) is 48.5 Å². The molecule has 0 fully saturated rings. The van der Waals surface area contributed by atoms with E-state index in [2.05, 4.69) is 10.6 Å². The van der Waals surface area contributed by atoms with Crippen molar-refractivity contribution in [1.29, 1.82) is 0 Å². The topological polar surface area (TPSA) is 105 Å². The number of para-hydroxylation sites is 2. The Morgan fingerprint density at radius 3 is 2.46 bits per heavy atom. The molecule has 1 heterocycles. The maximum atomic E-state index is 12.7. The maximum absolute atomic E-state index is 12.7. The van der Waals surface area contributed by atoms with Crippen LogP contribution in [0.4, 0.5) is 17.1 Å². The Labute approximate surface area is 163 Å². The average Bonchev–Trinajstić information content (AvgIpc) is 2.66. The molecule has 1 unspecified atom stereocenters. The molecule has 148 valence electrons. The standard InChI is InChI=1S/C19H21N3O5S/c1-3-28(25,26)22-12-18(27-17-10-5-4-9-16(17)22)19(24)21-15-8-6-7-14(11-15)20-13(2)23/h4-11,18H,3,12H2,1-2H3,(H,20,23)(H,21,24). The SMILES string of the molecule is CCS(=O)(=O)N1CC(C(=O)Nc2cccc(NC(C)=O)c2)Oc2ccccc21. The van der Waals surface area contributed by atoms with Gasteiger partial charge < -0.3 is 15.4 Å². The Morgan fingerprint density at radius 2 is 1.79 bits per heavy atom. The smallest absolute Gasteiger partial charge is 0.267 e. The van der Waals surface area contributed by atoms with Gasteiger partial charge in [-0.1, -0.05) is 18.2 Å². The number of nitrogens with zero attached hydrogens (tertiary/aromatic N) is 1. The third kappa shape index (κ3) is 4.25. The number of sulfonamides is 1. The van der Waals surface area contributed by atoms with Crippen LogP contribution in [0.25, 0.3) is 0 Å². The highest BCUT2D eigenvalue weighted by atomic mass is 32.2. The van der Waals surface area contributed by atoms with E-state index in [-0.39, 0.29) is 18.2 Å². The van der Waals surface area contributed by atoms with Crippen molar-refractivity contribution in [3.63, 3.8) is 0 Å². The number of amides is 2. The quantitative estimate of drug-likeness (QED) is 0.796. The molecule has 1 atom stereocenters. The highest BCUT2D eigenvalue weighted by Crippen LogP contribution is 2.35. The molecule has 0 bridgehead atoms. The largest absolute Gasteiger partial charge is 0.476 e. The number of rotatable bonds is 5. The molecule has 2 aromatic rings. The molecule has 9 heteroatoms. The molecule has 1 aliphatic heterocycles. The van der Waals surface area contributed by atoms with Crippen molar-refractivity contribution in [1.82, 2.24) is 0 Å². The monoisotopic (exact) mass is 403 g/mol. The van der Waals surface area contributed by atoms with Gasteiger partial charge in [0.25, 0.3) is 5.91 Å². The average molecular weight is 403 g/mol. The third-order valence-electron chi connectivity index (χ3n) is 4.18. The van der Waals surface area contributed by atoms with Gasteiger partial charge in [-0.05, 0) is 37.3 Å². The Balaban J connectivity index is 1.82. The van der Waals surface area contributed by atoms with E-state index in [4.69, 9.17) is 4.74 Å². The van der Waals surface area contributed by atoms with Crippen LogP contribution in [0.15, 0.2) is 48.5 Å². The van der Waals surface area contributed by atoms with Crippen LogP contribution in [0.3, 0.4) is 0 Å². The van der Waals surface area contributed by atoms with E-state index in [1.165, 1.54) is 11.2 Å². The molecule has 2 amide bonds. The second-order valence-electron chi connectivity index (χ2n) is 6.26. The summed E-state index contributed by atoms with van der Waals surface area (Å²) in [7, 11) is -3.57. The summed E-state index contributed by atoms with van der Waals surface area (Å²) in [5.74, 6) is -0.464. The normalized spacial score (nSPS) is 15.9. The van der Waals surface area contributed by atoms with E-state index in [9.17, 15) is 18.0 Å². The van der Waals surface area contributed by atoms with E-state index < -0.39 is 22.0 Å². The fourth-order valence-corrected chi connectivity index (χ4v) is 3.98. The molecule has 0 saturated carbocycles. The number of hydrogen-bond acceptors (Lipinski definition) is 5. The summed E-state index contributed by atoms with van der Waals surface area (Å²) in [6, 6.07) is 13.4. The zero-order valence-corrected chi connectivity index (χ0v) is 16.3. The molecule has 1 aliphatic rings. The van der Waals surface area contributed by atoms with Crippen LogP contribution in [-0.4, -0.2) is 38.6 Å². The lowest BCUT2D eigenvalue weighted by Crippen LogP contribution is -2.49. The first kappa shape index (κ1) is 19.7. The van der Waals surface area contributed by atoms with E-state index in [1.54, 1.807) is 55.5 Å². The number of ether oxygens (including phenoxy) is 1. The second kappa shape index (κ2) is 7.89. The third-order valence-corrected chi connectivity index (χ3v) is 5.93. The summed E-state index contributed by atoms with van der Waals surface area (Å²) in [5.41, 5.74) is 1.42. The first-order chi connectivity index (χ1) is 13.3. The molecule has 0 saturated heterocycles. The zero-order valence-electron chi connectivity index (χ0n) is 15.5. The second-order valence-corrected chi connectivity index (χ2v) is 8.44. The van der Waals surface area contributed by atoms with Gasteiger partial charge in [0.15, 0.2) is 6.10 Å². The minimum Gasteiger partial charge on any atom is -0.476 e. The van der Waals surface area contributed by atoms with Crippen LogP contribution in [0.2, 0.25) is 0 Å². The first-order valence-electron chi connectivity index (χ1n) is 8.75. The number of nitrogens with one attached hydrogen (secondary N) is 2. The van der Waals surface area contributed by atoms with Gasteiger partial charge in [-0.25, -0.2) is 8.42 Å². The molecule has 0 radical (unpaired) electrons. The Bertz CT molecular complexity index is 1010. The predicted octanol–water partition coefficient (Wildman–Crippen LogP) is 2.20. The number of anilines is 3. The minimum absolute atomic E-state index is 0.0889. The van der Waals surface area contributed by atoms with Crippen molar-refractivity contribution >= 4 is 38.9 Å².